The molecule has 0 bridgehead atoms. The van der Waals surface area contributed by atoms with Gasteiger partial charge in [-0.2, -0.15) is 10.5 Å². The lowest BCUT2D eigenvalue weighted by Crippen LogP contribution is -1.96. The minimum Gasteiger partial charge on any atom is -0.282 e. The van der Waals surface area contributed by atoms with Crippen molar-refractivity contribution in [1.29, 1.82) is 10.5 Å². The quantitative estimate of drug-likeness (QED) is 0.533. The Morgan fingerprint density at radius 1 is 0.913 bits per heavy atom. The molecule has 0 spiro atoms. The highest BCUT2D eigenvalue weighted by Crippen LogP contribution is 2.21. The summed E-state index contributed by atoms with van der Waals surface area (Å²) in [6, 6.07) is 11.3. The van der Waals surface area contributed by atoms with Crippen LogP contribution in [-0.4, -0.2) is 24.3 Å². The summed E-state index contributed by atoms with van der Waals surface area (Å²) < 4.78 is 1.76. The first-order valence-electron chi connectivity index (χ1n) is 6.70. The summed E-state index contributed by atoms with van der Waals surface area (Å²) in [7, 11) is 0. The van der Waals surface area contributed by atoms with E-state index in [9.17, 15) is 0 Å². The molecule has 0 fully saturated rings. The maximum Gasteiger partial charge on any atom is 0.199 e. The monoisotopic (exact) mass is 297 g/mol. The van der Waals surface area contributed by atoms with E-state index in [1.54, 1.807) is 16.8 Å². The van der Waals surface area contributed by atoms with Crippen molar-refractivity contribution in [2.75, 3.05) is 0 Å². The average molecular weight is 297 g/mol. The molecule has 4 heterocycles. The van der Waals surface area contributed by atoms with Gasteiger partial charge < -0.3 is 0 Å². The number of pyridine rings is 2. The SMILES string of the molecule is N#Cc1nc2nc3ccc(-c4cccnc4)cn3c2nc1C#N. The number of imidazole rings is 1. The molecular weight excluding hydrogens is 290 g/mol. The number of hydrogen-bond donors (Lipinski definition) is 0. The van der Waals surface area contributed by atoms with E-state index in [0.717, 1.165) is 11.1 Å². The van der Waals surface area contributed by atoms with Gasteiger partial charge in [0.05, 0.1) is 0 Å². The van der Waals surface area contributed by atoms with E-state index in [4.69, 9.17) is 10.5 Å². The fourth-order valence-corrected chi connectivity index (χ4v) is 2.38. The van der Waals surface area contributed by atoms with Crippen LogP contribution < -0.4 is 0 Å². The van der Waals surface area contributed by atoms with Gasteiger partial charge in [0.2, 0.25) is 0 Å². The van der Waals surface area contributed by atoms with Gasteiger partial charge in [0.1, 0.15) is 17.8 Å². The van der Waals surface area contributed by atoms with Crippen LogP contribution in [0.25, 0.3) is 28.1 Å². The normalized spacial score (nSPS) is 10.5. The molecule has 7 nitrogen and oxygen atoms in total. The average Bonchev–Trinajstić information content (AvgIpc) is 2.97. The number of nitrogens with zero attached hydrogens (tertiary/aromatic N) is 7. The van der Waals surface area contributed by atoms with E-state index >= 15 is 0 Å². The van der Waals surface area contributed by atoms with Crippen LogP contribution in [0.5, 0.6) is 0 Å². The van der Waals surface area contributed by atoms with Crippen LogP contribution in [0.2, 0.25) is 0 Å². The maximum atomic E-state index is 9.11. The molecule has 4 aromatic rings. The second-order valence-electron chi connectivity index (χ2n) is 4.79. The van der Waals surface area contributed by atoms with E-state index in [1.165, 1.54) is 0 Å². The predicted molar refractivity (Wildman–Crippen MR) is 80.9 cm³/mol. The summed E-state index contributed by atoms with van der Waals surface area (Å²) in [5, 5.41) is 18.1. The third-order valence-corrected chi connectivity index (χ3v) is 3.44. The molecule has 23 heavy (non-hydrogen) atoms. The number of hydrogen-bond acceptors (Lipinski definition) is 6. The third-order valence-electron chi connectivity index (χ3n) is 3.44. The van der Waals surface area contributed by atoms with Gasteiger partial charge in [0.15, 0.2) is 22.7 Å². The molecule has 0 saturated carbocycles. The van der Waals surface area contributed by atoms with E-state index in [1.807, 2.05) is 42.6 Å². The van der Waals surface area contributed by atoms with Gasteiger partial charge in [0, 0.05) is 29.7 Å². The molecule has 0 aliphatic rings. The largest absolute Gasteiger partial charge is 0.282 e. The molecule has 0 unspecified atom stereocenters. The Labute approximate surface area is 130 Å². The highest BCUT2D eigenvalue weighted by Gasteiger charge is 2.13. The molecule has 0 atom stereocenters. The Bertz CT molecular complexity index is 1130. The summed E-state index contributed by atoms with van der Waals surface area (Å²) in [6.45, 7) is 0. The van der Waals surface area contributed by atoms with Crippen molar-refractivity contribution in [1.82, 2.24) is 24.3 Å². The zero-order valence-corrected chi connectivity index (χ0v) is 11.7. The lowest BCUT2D eigenvalue weighted by atomic mass is 10.1. The Morgan fingerprint density at radius 2 is 1.74 bits per heavy atom. The topological polar surface area (TPSA) is 104 Å². The number of rotatable bonds is 1. The van der Waals surface area contributed by atoms with Crippen LogP contribution >= 0.6 is 0 Å². The van der Waals surface area contributed by atoms with Crippen LogP contribution in [0.15, 0.2) is 42.9 Å². The Morgan fingerprint density at radius 3 is 2.48 bits per heavy atom. The lowest BCUT2D eigenvalue weighted by Gasteiger charge is -2.02. The van der Waals surface area contributed by atoms with E-state index in [2.05, 4.69) is 19.9 Å². The molecule has 0 aliphatic heterocycles. The van der Waals surface area contributed by atoms with Gasteiger partial charge in [-0.1, -0.05) is 6.07 Å². The van der Waals surface area contributed by atoms with Gasteiger partial charge in [-0.05, 0) is 18.2 Å². The smallest absolute Gasteiger partial charge is 0.199 e. The zero-order chi connectivity index (χ0) is 15.8. The summed E-state index contributed by atoms with van der Waals surface area (Å²) in [5.41, 5.74) is 3.30. The van der Waals surface area contributed by atoms with Gasteiger partial charge in [-0.3, -0.25) is 9.38 Å². The molecule has 0 radical (unpaired) electrons. The van der Waals surface area contributed by atoms with Crippen molar-refractivity contribution in [3.8, 4) is 23.3 Å². The second kappa shape index (κ2) is 4.86. The van der Waals surface area contributed by atoms with E-state index < -0.39 is 0 Å². The summed E-state index contributed by atoms with van der Waals surface area (Å²) >= 11 is 0. The van der Waals surface area contributed by atoms with Crippen LogP contribution in [0.1, 0.15) is 11.4 Å². The highest BCUT2D eigenvalue weighted by molar-refractivity contribution is 5.76. The molecule has 0 N–H and O–H groups in total. The van der Waals surface area contributed by atoms with Crippen molar-refractivity contribution in [2.45, 2.75) is 0 Å². The highest BCUT2D eigenvalue weighted by atomic mass is 15.1. The first kappa shape index (κ1) is 12.9. The second-order valence-corrected chi connectivity index (χ2v) is 4.79. The van der Waals surface area contributed by atoms with Crippen LogP contribution in [0, 0.1) is 22.7 Å². The first-order valence-corrected chi connectivity index (χ1v) is 6.70. The van der Waals surface area contributed by atoms with E-state index in [-0.39, 0.29) is 11.4 Å². The van der Waals surface area contributed by atoms with Crippen molar-refractivity contribution in [3.63, 3.8) is 0 Å². The van der Waals surface area contributed by atoms with Gasteiger partial charge in [-0.25, -0.2) is 15.0 Å². The van der Waals surface area contributed by atoms with Crippen LogP contribution in [0.3, 0.4) is 0 Å². The number of nitriles is 2. The van der Waals surface area contributed by atoms with Crippen LogP contribution in [0.4, 0.5) is 0 Å². The van der Waals surface area contributed by atoms with Crippen molar-refractivity contribution < 1.29 is 0 Å². The molecule has 7 heteroatoms. The molecule has 0 aromatic carbocycles. The fraction of sp³-hybridized carbons (Fsp3) is 0. The third kappa shape index (κ3) is 1.96. The number of aromatic nitrogens is 5. The minimum absolute atomic E-state index is 0.00594. The maximum absolute atomic E-state index is 9.11. The van der Waals surface area contributed by atoms with Gasteiger partial charge in [0.25, 0.3) is 0 Å². The molecule has 106 valence electrons. The summed E-state index contributed by atoms with van der Waals surface area (Å²) in [4.78, 5) is 16.8. The molecule has 0 saturated heterocycles. The van der Waals surface area contributed by atoms with E-state index in [0.29, 0.717) is 16.9 Å². The van der Waals surface area contributed by atoms with Crippen molar-refractivity contribution >= 4 is 16.9 Å². The van der Waals surface area contributed by atoms with Crippen LogP contribution in [-0.2, 0) is 0 Å². The Balaban J connectivity index is 2.03. The minimum atomic E-state index is -0.0177. The molecular formula is C16H7N7. The summed E-state index contributed by atoms with van der Waals surface area (Å²) in [5.74, 6) is 0. The first-order chi connectivity index (χ1) is 11.3. The van der Waals surface area contributed by atoms with Gasteiger partial charge in [-0.15, -0.1) is 0 Å². The Hall–Kier alpha value is -3.84. The zero-order valence-electron chi connectivity index (χ0n) is 11.7. The van der Waals surface area contributed by atoms with Crippen molar-refractivity contribution in [2.24, 2.45) is 0 Å². The Kier molecular flexibility index (Phi) is 2.72. The standard InChI is InChI=1S/C16H7N7/c17-6-12-13(7-18)21-16-15(20-12)22-14-4-3-11(9-23(14)16)10-2-1-5-19-8-10/h1-5,8-9H. The lowest BCUT2D eigenvalue weighted by molar-refractivity contribution is 1.14. The molecule has 0 amide bonds. The summed E-state index contributed by atoms with van der Waals surface area (Å²) in [6.07, 6.45) is 5.34. The van der Waals surface area contributed by atoms with Gasteiger partial charge >= 0.3 is 0 Å². The number of fused-ring (bicyclic) bond motifs is 3. The molecule has 0 aliphatic carbocycles. The predicted octanol–water partition coefficient (Wildman–Crippen LogP) is 2.08. The fourth-order valence-electron chi connectivity index (χ4n) is 2.38. The molecule has 4 aromatic heterocycles. The van der Waals surface area contributed by atoms with Crippen molar-refractivity contribution in [3.05, 3.63) is 54.2 Å². The molecule has 4 rings (SSSR count).